The number of H-pyrrole nitrogens is 1. The molecular formula is C19H19FN6O. The third-order valence-corrected chi connectivity index (χ3v) is 4.36. The lowest BCUT2D eigenvalue weighted by Crippen LogP contribution is -2.22. The van der Waals surface area contributed by atoms with Crippen molar-refractivity contribution in [2.24, 2.45) is 0 Å². The maximum absolute atomic E-state index is 14.6. The first-order valence-corrected chi connectivity index (χ1v) is 8.56. The second kappa shape index (κ2) is 7.06. The zero-order valence-corrected chi connectivity index (χ0v) is 15.0. The van der Waals surface area contributed by atoms with E-state index < -0.39 is 5.95 Å². The van der Waals surface area contributed by atoms with Gasteiger partial charge in [-0.1, -0.05) is 12.1 Å². The molecule has 4 heterocycles. The highest BCUT2D eigenvalue weighted by molar-refractivity contribution is 5.85. The second-order valence-electron chi connectivity index (χ2n) is 6.28. The van der Waals surface area contributed by atoms with Gasteiger partial charge in [-0.2, -0.15) is 4.39 Å². The molecule has 3 N–H and O–H groups in total. The van der Waals surface area contributed by atoms with Crippen LogP contribution < -0.4 is 15.4 Å². The van der Waals surface area contributed by atoms with Crippen LogP contribution in [0.1, 0.15) is 18.1 Å². The van der Waals surface area contributed by atoms with E-state index in [1.807, 2.05) is 25.3 Å². The van der Waals surface area contributed by atoms with Crippen LogP contribution in [0, 0.1) is 5.95 Å². The minimum absolute atomic E-state index is 0.278. The minimum atomic E-state index is -0.521. The number of allylic oxidation sites excluding steroid dienone is 1. The van der Waals surface area contributed by atoms with E-state index in [0.29, 0.717) is 29.3 Å². The highest BCUT2D eigenvalue weighted by Gasteiger charge is 2.15. The molecule has 1 aliphatic heterocycles. The van der Waals surface area contributed by atoms with Gasteiger partial charge in [0.25, 0.3) is 0 Å². The fourth-order valence-electron chi connectivity index (χ4n) is 2.96. The van der Waals surface area contributed by atoms with E-state index in [2.05, 4.69) is 30.6 Å². The molecule has 7 nitrogen and oxygen atoms in total. The van der Waals surface area contributed by atoms with Gasteiger partial charge in [0.15, 0.2) is 0 Å². The maximum atomic E-state index is 14.6. The number of halogens is 1. The summed E-state index contributed by atoms with van der Waals surface area (Å²) in [6.45, 7) is 2.04. The smallest absolute Gasteiger partial charge is 0.226 e. The Balaban J connectivity index is 1.56. The van der Waals surface area contributed by atoms with Crippen LogP contribution in [-0.2, 0) is 6.42 Å². The van der Waals surface area contributed by atoms with E-state index in [9.17, 15) is 4.39 Å². The highest BCUT2D eigenvalue weighted by atomic mass is 19.1. The van der Waals surface area contributed by atoms with E-state index in [0.717, 1.165) is 16.6 Å². The zero-order valence-electron chi connectivity index (χ0n) is 15.0. The number of methoxy groups -OCH3 is 1. The van der Waals surface area contributed by atoms with Gasteiger partial charge in [-0.3, -0.25) is 0 Å². The van der Waals surface area contributed by atoms with Crippen molar-refractivity contribution in [3.63, 3.8) is 0 Å². The summed E-state index contributed by atoms with van der Waals surface area (Å²) in [5.41, 5.74) is 2.81. The second-order valence-corrected chi connectivity index (χ2v) is 6.28. The summed E-state index contributed by atoms with van der Waals surface area (Å²) in [5.74, 6) is 0.385. The van der Waals surface area contributed by atoms with Crippen molar-refractivity contribution in [3.8, 4) is 5.88 Å². The monoisotopic (exact) mass is 366 g/mol. The van der Waals surface area contributed by atoms with Gasteiger partial charge in [0, 0.05) is 30.4 Å². The Morgan fingerprint density at radius 2 is 2.15 bits per heavy atom. The number of dihydropyridines is 1. The quantitative estimate of drug-likeness (QED) is 0.602. The topological polar surface area (TPSA) is 87.8 Å². The largest absolute Gasteiger partial charge is 0.480 e. The number of aromatic nitrogens is 4. The number of anilines is 1. The van der Waals surface area contributed by atoms with Gasteiger partial charge in [-0.15, -0.1) is 0 Å². The van der Waals surface area contributed by atoms with E-state index in [1.54, 1.807) is 25.4 Å². The normalized spacial score (nSPS) is 16.1. The number of nitrogens with one attached hydrogen (secondary N) is 3. The summed E-state index contributed by atoms with van der Waals surface area (Å²) in [7, 11) is 1.55. The molecule has 4 rings (SSSR count). The molecule has 0 spiro atoms. The molecule has 27 heavy (non-hydrogen) atoms. The van der Waals surface area contributed by atoms with Gasteiger partial charge >= 0.3 is 0 Å². The number of pyridine rings is 1. The summed E-state index contributed by atoms with van der Waals surface area (Å²) in [6, 6.07) is 3.76. The Morgan fingerprint density at radius 1 is 1.26 bits per heavy atom. The number of nitrogens with zero attached hydrogens (tertiary/aromatic N) is 3. The van der Waals surface area contributed by atoms with Crippen LogP contribution in [0.2, 0.25) is 0 Å². The van der Waals surface area contributed by atoms with E-state index in [-0.39, 0.29) is 6.04 Å². The van der Waals surface area contributed by atoms with Gasteiger partial charge in [-0.25, -0.2) is 15.0 Å². The molecule has 0 bridgehead atoms. The SMILES string of the molecule is COc1ncnc2[nH]cc(Cc3ccc(NC4=CNC(C)C=C4)nc3F)c12. The molecular weight excluding hydrogens is 347 g/mol. The Kier molecular flexibility index (Phi) is 4.45. The average molecular weight is 366 g/mol. The zero-order chi connectivity index (χ0) is 18.8. The molecule has 0 aromatic carbocycles. The van der Waals surface area contributed by atoms with Crippen molar-refractivity contribution in [2.45, 2.75) is 19.4 Å². The van der Waals surface area contributed by atoms with Crippen molar-refractivity contribution in [2.75, 3.05) is 12.4 Å². The van der Waals surface area contributed by atoms with Crippen molar-refractivity contribution >= 4 is 16.9 Å². The molecule has 3 aromatic heterocycles. The summed E-state index contributed by atoms with van der Waals surface area (Å²) >= 11 is 0. The molecule has 0 aliphatic carbocycles. The summed E-state index contributed by atoms with van der Waals surface area (Å²) < 4.78 is 19.9. The summed E-state index contributed by atoms with van der Waals surface area (Å²) in [6.07, 6.45) is 9.36. The van der Waals surface area contributed by atoms with Crippen LogP contribution in [0.3, 0.4) is 0 Å². The van der Waals surface area contributed by atoms with Crippen LogP contribution >= 0.6 is 0 Å². The molecule has 138 valence electrons. The standard InChI is InChI=1S/C19H19FN6O/c1-11-3-5-14(9-21-11)25-15-6-4-12(17(20)26-15)7-13-8-22-18-16(13)19(27-2)24-10-23-18/h3-6,8-11,21H,7H2,1-2H3,(H,25,26)(H,22,23,24). The van der Waals surface area contributed by atoms with E-state index in [4.69, 9.17) is 4.74 Å². The van der Waals surface area contributed by atoms with Crippen LogP contribution in [0.5, 0.6) is 5.88 Å². The van der Waals surface area contributed by atoms with Crippen molar-refractivity contribution in [1.29, 1.82) is 0 Å². The number of fused-ring (bicyclic) bond motifs is 1. The first kappa shape index (κ1) is 17.0. The molecule has 8 heteroatoms. The minimum Gasteiger partial charge on any atom is -0.480 e. The average Bonchev–Trinajstić information content (AvgIpc) is 3.09. The lowest BCUT2D eigenvalue weighted by atomic mass is 10.1. The molecule has 3 aromatic rings. The fraction of sp³-hybridized carbons (Fsp3) is 0.211. The molecule has 1 atom stereocenters. The third-order valence-electron chi connectivity index (χ3n) is 4.36. The van der Waals surface area contributed by atoms with Crippen molar-refractivity contribution < 1.29 is 9.13 Å². The predicted molar refractivity (Wildman–Crippen MR) is 101 cm³/mol. The summed E-state index contributed by atoms with van der Waals surface area (Å²) in [4.78, 5) is 15.4. The van der Waals surface area contributed by atoms with Gasteiger partial charge < -0.3 is 20.4 Å². The molecule has 0 amide bonds. The van der Waals surface area contributed by atoms with Gasteiger partial charge in [-0.05, 0) is 24.6 Å². The van der Waals surface area contributed by atoms with E-state index in [1.165, 1.54) is 6.33 Å². The Hall–Kier alpha value is -3.42. The third kappa shape index (κ3) is 3.46. The van der Waals surface area contributed by atoms with Crippen LogP contribution in [0.15, 0.2) is 48.7 Å². The predicted octanol–water partition coefficient (Wildman–Crippen LogP) is 2.89. The number of aromatic amines is 1. The Morgan fingerprint density at radius 3 is 2.89 bits per heavy atom. The fourth-order valence-corrected chi connectivity index (χ4v) is 2.96. The number of rotatable bonds is 5. The Labute approximate surface area is 155 Å². The lowest BCUT2D eigenvalue weighted by molar-refractivity contribution is 0.402. The molecule has 0 saturated carbocycles. The van der Waals surface area contributed by atoms with Crippen LogP contribution in [0.25, 0.3) is 11.0 Å². The van der Waals surface area contributed by atoms with Crippen LogP contribution in [-0.4, -0.2) is 33.1 Å². The summed E-state index contributed by atoms with van der Waals surface area (Å²) in [5, 5.41) is 7.02. The van der Waals surface area contributed by atoms with Gasteiger partial charge in [0.1, 0.15) is 17.8 Å². The lowest BCUT2D eigenvalue weighted by Gasteiger charge is -2.15. The molecule has 0 saturated heterocycles. The maximum Gasteiger partial charge on any atom is 0.226 e. The first-order chi connectivity index (χ1) is 13.1. The van der Waals surface area contributed by atoms with Crippen LogP contribution in [0.4, 0.5) is 10.2 Å². The number of hydrogen-bond donors (Lipinski definition) is 3. The van der Waals surface area contributed by atoms with Gasteiger partial charge in [0.05, 0.1) is 18.2 Å². The van der Waals surface area contributed by atoms with E-state index >= 15 is 0 Å². The number of hydrogen-bond acceptors (Lipinski definition) is 6. The highest BCUT2D eigenvalue weighted by Crippen LogP contribution is 2.27. The molecule has 1 unspecified atom stereocenters. The number of ether oxygens (including phenoxy) is 1. The van der Waals surface area contributed by atoms with Crippen molar-refractivity contribution in [1.82, 2.24) is 25.3 Å². The first-order valence-electron chi connectivity index (χ1n) is 8.56. The molecule has 1 aliphatic rings. The molecule has 0 fully saturated rings. The van der Waals surface area contributed by atoms with Gasteiger partial charge in [0.2, 0.25) is 11.8 Å². The van der Waals surface area contributed by atoms with Crippen molar-refractivity contribution in [3.05, 3.63) is 65.8 Å². The Bertz CT molecular complexity index is 1040. The molecule has 0 radical (unpaired) electrons.